The van der Waals surface area contributed by atoms with Gasteiger partial charge < -0.3 is 4.74 Å². The van der Waals surface area contributed by atoms with Crippen LogP contribution in [0, 0.1) is 17.0 Å². The molecule has 7 nitrogen and oxygen atoms in total. The van der Waals surface area contributed by atoms with Gasteiger partial charge in [0.2, 0.25) is 0 Å². The second kappa shape index (κ2) is 7.19. The van der Waals surface area contributed by atoms with Crippen LogP contribution in [0.1, 0.15) is 11.1 Å². The average molecular weight is 313 g/mol. The Morgan fingerprint density at radius 2 is 2.00 bits per heavy atom. The number of rotatable bonds is 5. The predicted octanol–water partition coefficient (Wildman–Crippen LogP) is 2.31. The summed E-state index contributed by atoms with van der Waals surface area (Å²) in [7, 11) is 0. The first-order chi connectivity index (χ1) is 11.0. The van der Waals surface area contributed by atoms with Crippen LogP contribution in [0.15, 0.2) is 54.3 Å². The molecule has 3 N–H and O–H groups in total. The fourth-order valence-electron chi connectivity index (χ4n) is 1.90. The molecule has 118 valence electrons. The van der Waals surface area contributed by atoms with Crippen LogP contribution in [0.25, 0.3) is 6.08 Å². The van der Waals surface area contributed by atoms with Gasteiger partial charge >= 0.3 is 5.91 Å². The number of nitrogens with one attached hydrogen (secondary N) is 1. The topological polar surface area (TPSA) is 107 Å². The molecule has 0 bridgehead atoms. The number of hydrogen-bond acceptors (Lipinski definition) is 5. The van der Waals surface area contributed by atoms with Gasteiger partial charge in [0.15, 0.2) is 5.76 Å². The molecule has 0 aliphatic carbocycles. The molecule has 0 saturated carbocycles. The van der Waals surface area contributed by atoms with Crippen molar-refractivity contribution in [3.05, 3.63) is 75.5 Å². The number of hydrogen-bond donors (Lipinski definition) is 2. The lowest BCUT2D eigenvalue weighted by atomic mass is 10.1. The lowest BCUT2D eigenvalue weighted by Gasteiger charge is -2.09. The Morgan fingerprint density at radius 3 is 2.65 bits per heavy atom. The van der Waals surface area contributed by atoms with Gasteiger partial charge in [-0.25, -0.2) is 5.84 Å². The summed E-state index contributed by atoms with van der Waals surface area (Å²) < 4.78 is 5.55. The van der Waals surface area contributed by atoms with Gasteiger partial charge in [0.25, 0.3) is 5.69 Å². The molecule has 2 aromatic rings. The van der Waals surface area contributed by atoms with Crippen molar-refractivity contribution in [2.45, 2.75) is 6.92 Å². The Morgan fingerprint density at radius 1 is 1.26 bits per heavy atom. The number of nitro benzene ring substituents is 1. The van der Waals surface area contributed by atoms with Crippen molar-refractivity contribution >= 4 is 17.7 Å². The van der Waals surface area contributed by atoms with E-state index in [9.17, 15) is 14.9 Å². The van der Waals surface area contributed by atoms with Gasteiger partial charge in [-0.15, -0.1) is 0 Å². The zero-order chi connectivity index (χ0) is 16.8. The van der Waals surface area contributed by atoms with Crippen LogP contribution >= 0.6 is 0 Å². The minimum Gasteiger partial charge on any atom is -0.451 e. The second-order valence-electron chi connectivity index (χ2n) is 4.75. The Balaban J connectivity index is 2.36. The van der Waals surface area contributed by atoms with Crippen LogP contribution in [-0.4, -0.2) is 10.8 Å². The SMILES string of the molecule is Cc1cccc(O/C(=C\c2cccc([N+](=O)[O-])c2)C(=O)NN)c1. The highest BCUT2D eigenvalue weighted by Gasteiger charge is 2.12. The van der Waals surface area contributed by atoms with Gasteiger partial charge in [-0.3, -0.25) is 20.3 Å². The summed E-state index contributed by atoms with van der Waals surface area (Å²) >= 11 is 0. The fraction of sp³-hybridized carbons (Fsp3) is 0.0625. The van der Waals surface area contributed by atoms with Crippen LogP contribution in [0.4, 0.5) is 5.69 Å². The molecule has 0 atom stereocenters. The maximum Gasteiger partial charge on any atom is 0.300 e. The number of aryl methyl sites for hydroxylation is 1. The van der Waals surface area contributed by atoms with E-state index in [1.54, 1.807) is 24.3 Å². The molecular weight excluding hydrogens is 298 g/mol. The van der Waals surface area contributed by atoms with E-state index in [0.717, 1.165) is 5.56 Å². The largest absolute Gasteiger partial charge is 0.451 e. The molecule has 0 aliphatic rings. The van der Waals surface area contributed by atoms with E-state index >= 15 is 0 Å². The summed E-state index contributed by atoms with van der Waals surface area (Å²) in [6, 6.07) is 13.0. The lowest BCUT2D eigenvalue weighted by molar-refractivity contribution is -0.384. The van der Waals surface area contributed by atoms with Gasteiger partial charge in [0, 0.05) is 12.1 Å². The van der Waals surface area contributed by atoms with Crippen molar-refractivity contribution in [2.24, 2.45) is 5.84 Å². The van der Waals surface area contributed by atoms with Crippen molar-refractivity contribution in [1.29, 1.82) is 0 Å². The molecule has 2 aromatic carbocycles. The van der Waals surface area contributed by atoms with Gasteiger partial charge in [-0.05, 0) is 36.3 Å². The number of amides is 1. The molecule has 23 heavy (non-hydrogen) atoms. The molecule has 0 aromatic heterocycles. The van der Waals surface area contributed by atoms with Gasteiger partial charge in [-0.1, -0.05) is 24.3 Å². The first kappa shape index (κ1) is 16.2. The average Bonchev–Trinajstić information content (AvgIpc) is 2.54. The third-order valence-corrected chi connectivity index (χ3v) is 2.95. The molecule has 0 fully saturated rings. The first-order valence-corrected chi connectivity index (χ1v) is 6.71. The van der Waals surface area contributed by atoms with Crippen molar-refractivity contribution < 1.29 is 14.5 Å². The van der Waals surface area contributed by atoms with Crippen molar-refractivity contribution in [3.63, 3.8) is 0 Å². The number of non-ortho nitro benzene ring substituents is 1. The number of hydrazine groups is 1. The lowest BCUT2D eigenvalue weighted by Crippen LogP contribution is -2.33. The molecule has 0 unspecified atom stereocenters. The summed E-state index contributed by atoms with van der Waals surface area (Å²) in [5.41, 5.74) is 3.32. The van der Waals surface area contributed by atoms with E-state index in [0.29, 0.717) is 11.3 Å². The smallest absolute Gasteiger partial charge is 0.300 e. The van der Waals surface area contributed by atoms with Crippen LogP contribution < -0.4 is 16.0 Å². The van der Waals surface area contributed by atoms with Crippen LogP contribution in [0.3, 0.4) is 0 Å². The third-order valence-electron chi connectivity index (χ3n) is 2.95. The predicted molar refractivity (Wildman–Crippen MR) is 85.2 cm³/mol. The highest BCUT2D eigenvalue weighted by Crippen LogP contribution is 2.19. The van der Waals surface area contributed by atoms with E-state index in [1.165, 1.54) is 24.3 Å². The number of carbonyl (C=O) groups is 1. The summed E-state index contributed by atoms with van der Waals surface area (Å²) in [5.74, 6) is 4.91. The highest BCUT2D eigenvalue weighted by atomic mass is 16.6. The minimum absolute atomic E-state index is 0.0707. The van der Waals surface area contributed by atoms with Crippen LogP contribution in [0.5, 0.6) is 5.75 Å². The molecular formula is C16H15N3O4. The zero-order valence-electron chi connectivity index (χ0n) is 12.4. The molecule has 0 radical (unpaired) electrons. The Hall–Kier alpha value is -3.19. The third kappa shape index (κ3) is 4.39. The van der Waals surface area contributed by atoms with E-state index in [-0.39, 0.29) is 11.4 Å². The monoisotopic (exact) mass is 313 g/mol. The summed E-state index contributed by atoms with van der Waals surface area (Å²) in [6.45, 7) is 1.89. The minimum atomic E-state index is -0.641. The Kier molecular flexibility index (Phi) is 5.06. The molecule has 0 saturated heterocycles. The molecule has 0 aliphatic heterocycles. The number of benzene rings is 2. The molecule has 2 rings (SSSR count). The Bertz CT molecular complexity index is 771. The quantitative estimate of drug-likeness (QED) is 0.220. The molecule has 1 amide bonds. The molecule has 7 heteroatoms. The number of ether oxygens (including phenoxy) is 1. The number of nitrogens with zero attached hydrogens (tertiary/aromatic N) is 1. The maximum atomic E-state index is 11.9. The molecule has 0 spiro atoms. The van der Waals surface area contributed by atoms with Crippen molar-refractivity contribution in [3.8, 4) is 5.75 Å². The number of nitro groups is 1. The van der Waals surface area contributed by atoms with Gasteiger partial charge in [0.05, 0.1) is 4.92 Å². The second-order valence-corrected chi connectivity index (χ2v) is 4.75. The zero-order valence-corrected chi connectivity index (χ0v) is 12.4. The standard InChI is InChI=1S/C16H15N3O4/c1-11-4-2-7-14(8-11)23-15(16(20)18-17)10-12-5-3-6-13(9-12)19(21)22/h2-10H,17H2,1H3,(H,18,20)/b15-10-. The summed E-state index contributed by atoms with van der Waals surface area (Å²) in [6.07, 6.45) is 1.39. The van der Waals surface area contributed by atoms with E-state index < -0.39 is 10.8 Å². The highest BCUT2D eigenvalue weighted by molar-refractivity contribution is 5.95. The normalized spacial score (nSPS) is 11.0. The number of carbonyl (C=O) groups excluding carboxylic acids is 1. The van der Waals surface area contributed by atoms with Gasteiger partial charge in [0.1, 0.15) is 5.75 Å². The van der Waals surface area contributed by atoms with Crippen LogP contribution in [0.2, 0.25) is 0 Å². The fourth-order valence-corrected chi connectivity index (χ4v) is 1.90. The van der Waals surface area contributed by atoms with Crippen molar-refractivity contribution in [2.75, 3.05) is 0 Å². The summed E-state index contributed by atoms with van der Waals surface area (Å²) in [5, 5.41) is 10.8. The van der Waals surface area contributed by atoms with E-state index in [1.807, 2.05) is 18.4 Å². The van der Waals surface area contributed by atoms with Crippen molar-refractivity contribution in [1.82, 2.24) is 5.43 Å². The van der Waals surface area contributed by atoms with E-state index in [2.05, 4.69) is 0 Å². The van der Waals surface area contributed by atoms with Gasteiger partial charge in [-0.2, -0.15) is 0 Å². The summed E-state index contributed by atoms with van der Waals surface area (Å²) in [4.78, 5) is 22.2. The first-order valence-electron chi connectivity index (χ1n) is 6.71. The Labute approximate surface area is 132 Å². The van der Waals surface area contributed by atoms with Crippen LogP contribution in [-0.2, 0) is 4.79 Å². The molecule has 0 heterocycles. The maximum absolute atomic E-state index is 11.9. The van der Waals surface area contributed by atoms with E-state index in [4.69, 9.17) is 10.6 Å². The number of nitrogens with two attached hydrogens (primary N) is 1.